The van der Waals surface area contributed by atoms with E-state index in [1.165, 1.54) is 12.3 Å². The molecule has 1 aromatic carbocycles. The molecule has 2 heterocycles. The topological polar surface area (TPSA) is 26.0 Å². The molecule has 0 saturated carbocycles. The van der Waals surface area contributed by atoms with E-state index in [-0.39, 0.29) is 10.7 Å². The quantitative estimate of drug-likeness (QED) is 0.521. The lowest BCUT2D eigenvalue weighted by Crippen LogP contribution is -1.90. The summed E-state index contributed by atoms with van der Waals surface area (Å²) < 4.78 is 19.2. The van der Waals surface area contributed by atoms with Gasteiger partial charge in [0.15, 0.2) is 0 Å². The third kappa shape index (κ3) is 1.69. The highest BCUT2D eigenvalue weighted by molar-refractivity contribution is 7.80. The Balaban J connectivity index is 2.35. The van der Waals surface area contributed by atoms with Gasteiger partial charge in [-0.25, -0.2) is 9.37 Å². The zero-order valence-electron chi connectivity index (χ0n) is 9.02. The molecule has 0 N–H and O–H groups in total. The van der Waals surface area contributed by atoms with Crippen LogP contribution in [0.3, 0.4) is 0 Å². The van der Waals surface area contributed by atoms with Crippen LogP contribution >= 0.6 is 24.2 Å². The lowest BCUT2D eigenvalue weighted by atomic mass is 10.1. The predicted octanol–water partition coefficient (Wildman–Crippen LogP) is 4.58. The van der Waals surface area contributed by atoms with E-state index in [0.717, 1.165) is 5.39 Å². The fourth-order valence-electron chi connectivity index (χ4n) is 1.87. The summed E-state index contributed by atoms with van der Waals surface area (Å²) in [6, 6.07) is 6.67. The molecule has 18 heavy (non-hydrogen) atoms. The first-order valence-electron chi connectivity index (χ1n) is 5.18. The van der Waals surface area contributed by atoms with Gasteiger partial charge in [0.1, 0.15) is 16.6 Å². The molecule has 2 nitrogen and oxygen atoms in total. The highest BCUT2D eigenvalue weighted by Crippen LogP contribution is 2.37. The van der Waals surface area contributed by atoms with Gasteiger partial charge in [0.2, 0.25) is 0 Å². The van der Waals surface area contributed by atoms with Gasteiger partial charge in [-0.2, -0.15) is 0 Å². The molecule has 0 aliphatic carbocycles. The van der Waals surface area contributed by atoms with Gasteiger partial charge in [-0.05, 0) is 12.1 Å². The van der Waals surface area contributed by atoms with Crippen molar-refractivity contribution in [3.63, 3.8) is 0 Å². The van der Waals surface area contributed by atoms with Gasteiger partial charge in [0.25, 0.3) is 0 Å². The Bertz CT molecular complexity index is 721. The monoisotopic (exact) mass is 279 g/mol. The maximum atomic E-state index is 13.9. The molecule has 2 aromatic heterocycles. The second-order valence-electron chi connectivity index (χ2n) is 3.76. The Morgan fingerprint density at radius 3 is 2.83 bits per heavy atom. The highest BCUT2D eigenvalue weighted by Gasteiger charge is 2.16. The van der Waals surface area contributed by atoms with E-state index in [0.29, 0.717) is 16.0 Å². The summed E-state index contributed by atoms with van der Waals surface area (Å²) >= 11 is 10.3. The van der Waals surface area contributed by atoms with E-state index < -0.39 is 5.82 Å². The van der Waals surface area contributed by atoms with E-state index in [2.05, 4.69) is 17.6 Å². The van der Waals surface area contributed by atoms with Crippen LogP contribution in [0, 0.1) is 5.82 Å². The Morgan fingerprint density at radius 1 is 1.22 bits per heavy atom. The molecule has 0 aliphatic rings. The molecule has 0 aliphatic heterocycles. The molecule has 0 fully saturated rings. The summed E-state index contributed by atoms with van der Waals surface area (Å²) in [5, 5.41) is 1.01. The first kappa shape index (κ1) is 11.6. The molecule has 0 atom stereocenters. The fourth-order valence-corrected chi connectivity index (χ4v) is 2.49. The maximum absolute atomic E-state index is 13.9. The summed E-state index contributed by atoms with van der Waals surface area (Å²) in [6.07, 6.45) is 2.89. The van der Waals surface area contributed by atoms with Gasteiger partial charge in [-0.15, -0.1) is 12.6 Å². The Hall–Kier alpha value is -1.52. The van der Waals surface area contributed by atoms with E-state index in [1.54, 1.807) is 12.3 Å². The number of rotatable bonds is 1. The summed E-state index contributed by atoms with van der Waals surface area (Å²) in [5.74, 6) is -0.434. The average molecular weight is 280 g/mol. The van der Waals surface area contributed by atoms with Crippen LogP contribution in [0.4, 0.5) is 4.39 Å². The van der Waals surface area contributed by atoms with Crippen molar-refractivity contribution < 1.29 is 8.81 Å². The number of benzene rings is 1. The minimum Gasteiger partial charge on any atom is -0.463 e. The molecule has 3 rings (SSSR count). The van der Waals surface area contributed by atoms with Gasteiger partial charge < -0.3 is 4.42 Å². The molecule has 5 heteroatoms. The smallest absolute Gasteiger partial charge is 0.147 e. The van der Waals surface area contributed by atoms with Crippen molar-refractivity contribution in [2.45, 2.75) is 4.90 Å². The number of aromatic nitrogens is 1. The fraction of sp³-hybridized carbons (Fsp3) is 0. The van der Waals surface area contributed by atoms with Crippen LogP contribution in [0.1, 0.15) is 0 Å². The summed E-state index contributed by atoms with van der Waals surface area (Å²) in [7, 11) is 0. The SMILES string of the molecule is Fc1ccnc(Cl)c1-c1ccc2ccoc2c1S. The van der Waals surface area contributed by atoms with Crippen LogP contribution in [-0.4, -0.2) is 4.98 Å². The molecule has 0 bridgehead atoms. The Morgan fingerprint density at radius 2 is 2.06 bits per heavy atom. The zero-order chi connectivity index (χ0) is 12.7. The van der Waals surface area contributed by atoms with Crippen molar-refractivity contribution in [1.82, 2.24) is 4.98 Å². The predicted molar refractivity (Wildman–Crippen MR) is 71.7 cm³/mol. The van der Waals surface area contributed by atoms with Crippen LogP contribution < -0.4 is 0 Å². The van der Waals surface area contributed by atoms with Crippen LogP contribution in [0.15, 0.2) is 46.0 Å². The van der Waals surface area contributed by atoms with E-state index in [4.69, 9.17) is 16.0 Å². The van der Waals surface area contributed by atoms with Crippen LogP contribution in [0.2, 0.25) is 5.15 Å². The van der Waals surface area contributed by atoms with Crippen LogP contribution in [0.5, 0.6) is 0 Å². The summed E-state index contributed by atoms with van der Waals surface area (Å²) in [6.45, 7) is 0. The normalized spacial score (nSPS) is 11.1. The number of hydrogen-bond acceptors (Lipinski definition) is 3. The minimum atomic E-state index is -0.434. The molecule has 90 valence electrons. The minimum absolute atomic E-state index is 0.108. The van der Waals surface area contributed by atoms with Crippen molar-refractivity contribution in [3.8, 4) is 11.1 Å². The Labute approximate surface area is 113 Å². The third-order valence-corrected chi connectivity index (χ3v) is 3.45. The molecule has 0 radical (unpaired) electrons. The van der Waals surface area contributed by atoms with Crippen molar-refractivity contribution >= 4 is 35.2 Å². The summed E-state index contributed by atoms with van der Waals surface area (Å²) in [4.78, 5) is 4.43. The molecule has 0 spiro atoms. The van der Waals surface area contributed by atoms with Gasteiger partial charge in [0, 0.05) is 17.1 Å². The molecule has 0 unspecified atom stereocenters. The van der Waals surface area contributed by atoms with Crippen molar-refractivity contribution in [1.29, 1.82) is 0 Å². The van der Waals surface area contributed by atoms with E-state index >= 15 is 0 Å². The van der Waals surface area contributed by atoms with Crippen molar-refractivity contribution in [2.24, 2.45) is 0 Å². The van der Waals surface area contributed by atoms with Crippen LogP contribution in [0.25, 0.3) is 22.1 Å². The number of thiol groups is 1. The number of hydrogen-bond donors (Lipinski definition) is 1. The molecule has 0 amide bonds. The second-order valence-corrected chi connectivity index (χ2v) is 4.56. The van der Waals surface area contributed by atoms with Gasteiger partial charge in [0.05, 0.1) is 16.7 Å². The van der Waals surface area contributed by atoms with Gasteiger partial charge in [-0.1, -0.05) is 23.7 Å². The van der Waals surface area contributed by atoms with Crippen molar-refractivity contribution in [3.05, 3.63) is 47.7 Å². The first-order valence-corrected chi connectivity index (χ1v) is 6.00. The molecular weight excluding hydrogens is 273 g/mol. The van der Waals surface area contributed by atoms with E-state index in [1.807, 2.05) is 12.1 Å². The molecule has 3 aromatic rings. The standard InChI is InChI=1S/C13H7ClFNOS/c14-13-10(9(15)3-5-16-13)8-2-1-7-4-6-17-11(7)12(8)18/h1-6,18H. The summed E-state index contributed by atoms with van der Waals surface area (Å²) in [5.41, 5.74) is 1.41. The van der Waals surface area contributed by atoms with E-state index in [9.17, 15) is 4.39 Å². The van der Waals surface area contributed by atoms with Crippen molar-refractivity contribution in [2.75, 3.05) is 0 Å². The third-order valence-electron chi connectivity index (χ3n) is 2.72. The number of pyridine rings is 1. The van der Waals surface area contributed by atoms with Gasteiger partial charge in [-0.3, -0.25) is 0 Å². The number of halogens is 2. The maximum Gasteiger partial charge on any atom is 0.147 e. The highest BCUT2D eigenvalue weighted by atomic mass is 35.5. The number of furan rings is 1. The van der Waals surface area contributed by atoms with Gasteiger partial charge >= 0.3 is 0 Å². The first-order chi connectivity index (χ1) is 8.68. The number of fused-ring (bicyclic) bond motifs is 1. The average Bonchev–Trinajstić information content (AvgIpc) is 2.80. The molecule has 0 saturated heterocycles. The zero-order valence-corrected chi connectivity index (χ0v) is 10.7. The Kier molecular flexibility index (Phi) is 2.76. The molecular formula is C13H7ClFNOS. The number of nitrogens with zero attached hydrogens (tertiary/aromatic N) is 1. The largest absolute Gasteiger partial charge is 0.463 e. The lowest BCUT2D eigenvalue weighted by molar-refractivity contribution is 0.608. The lowest BCUT2D eigenvalue weighted by Gasteiger charge is -2.08. The van der Waals surface area contributed by atoms with Crippen LogP contribution in [-0.2, 0) is 0 Å². The second kappa shape index (κ2) is 4.30.